The van der Waals surface area contributed by atoms with Crippen molar-refractivity contribution in [2.45, 2.75) is 33.2 Å². The maximum Gasteiger partial charge on any atom is 0.257 e. The van der Waals surface area contributed by atoms with Crippen molar-refractivity contribution >= 4 is 17.3 Å². The van der Waals surface area contributed by atoms with Gasteiger partial charge >= 0.3 is 0 Å². The fraction of sp³-hybridized carbons (Fsp3) is 0.355. The summed E-state index contributed by atoms with van der Waals surface area (Å²) < 4.78 is 19.9. The predicted octanol–water partition coefficient (Wildman–Crippen LogP) is 5.34. The quantitative estimate of drug-likeness (QED) is 0.427. The van der Waals surface area contributed by atoms with Crippen molar-refractivity contribution < 1.29 is 13.9 Å². The lowest BCUT2D eigenvalue weighted by Crippen LogP contribution is -2.49. The molecule has 0 unspecified atom stereocenters. The highest BCUT2D eigenvalue weighted by Gasteiger charge is 2.34. The molecule has 2 heterocycles. The average molecular weight is 515 g/mol. The van der Waals surface area contributed by atoms with Crippen molar-refractivity contribution in [1.29, 1.82) is 0 Å². The van der Waals surface area contributed by atoms with Gasteiger partial charge in [0.05, 0.1) is 30.6 Å². The van der Waals surface area contributed by atoms with Gasteiger partial charge in [-0.25, -0.2) is 9.40 Å². The molecule has 0 N–H and O–H groups in total. The van der Waals surface area contributed by atoms with Crippen molar-refractivity contribution in [2.75, 3.05) is 44.2 Å². The lowest BCUT2D eigenvalue weighted by atomic mass is 9.95. The van der Waals surface area contributed by atoms with E-state index >= 15 is 0 Å². The number of para-hydroxylation sites is 1. The van der Waals surface area contributed by atoms with E-state index in [1.807, 2.05) is 48.2 Å². The Labute approximate surface area is 224 Å². The first-order chi connectivity index (χ1) is 18.4. The largest absolute Gasteiger partial charge is 0.494 e. The molecule has 0 saturated carbocycles. The number of ether oxygens (including phenoxy) is 1. The van der Waals surface area contributed by atoms with Gasteiger partial charge in [0, 0.05) is 38.2 Å². The fourth-order valence-corrected chi connectivity index (χ4v) is 5.37. The minimum Gasteiger partial charge on any atom is -0.494 e. The standard InChI is InChI=1S/C31H35FN4O2/c1-4-38-25-12-10-24(11-13-25)30-20-28(26-14-9-22(2)19-23(26)3)33-36(30)31(37)21-34-15-17-35(18-16-34)29-8-6-5-7-27(29)32/h5-14,19,30H,4,15-18,20-21H2,1-3H3/t30-/m1/s1. The van der Waals surface area contributed by atoms with Crippen LogP contribution >= 0.6 is 0 Å². The Hall–Kier alpha value is -3.71. The molecule has 3 aromatic carbocycles. The SMILES string of the molecule is CCOc1ccc([C@H]2CC(c3ccc(C)cc3C)=NN2C(=O)CN2CCN(c3ccccc3F)CC2)cc1. The molecule has 1 amide bonds. The summed E-state index contributed by atoms with van der Waals surface area (Å²) in [6, 6.07) is 21.0. The molecule has 38 heavy (non-hydrogen) atoms. The molecule has 1 saturated heterocycles. The van der Waals surface area contributed by atoms with Crippen molar-refractivity contribution in [3.8, 4) is 5.75 Å². The molecule has 1 atom stereocenters. The first-order valence-electron chi connectivity index (χ1n) is 13.3. The van der Waals surface area contributed by atoms with E-state index in [-0.39, 0.29) is 24.3 Å². The molecule has 5 rings (SSSR count). The highest BCUT2D eigenvalue weighted by Crippen LogP contribution is 2.34. The number of carbonyl (C=O) groups is 1. The fourth-order valence-electron chi connectivity index (χ4n) is 5.37. The van der Waals surface area contributed by atoms with Crippen molar-refractivity contribution in [3.63, 3.8) is 0 Å². The summed E-state index contributed by atoms with van der Waals surface area (Å²) in [5.41, 5.74) is 6.04. The number of piperazine rings is 1. The van der Waals surface area contributed by atoms with Gasteiger partial charge in [-0.3, -0.25) is 9.69 Å². The number of hydrazone groups is 1. The average Bonchev–Trinajstić information content (AvgIpc) is 3.35. The number of nitrogens with zero attached hydrogens (tertiary/aromatic N) is 4. The van der Waals surface area contributed by atoms with Crippen LogP contribution in [0.4, 0.5) is 10.1 Å². The van der Waals surface area contributed by atoms with Crippen LogP contribution < -0.4 is 9.64 Å². The first kappa shape index (κ1) is 25.9. The van der Waals surface area contributed by atoms with E-state index in [0.717, 1.165) is 28.2 Å². The van der Waals surface area contributed by atoms with Crippen LogP contribution in [0, 0.1) is 19.7 Å². The number of aryl methyl sites for hydroxylation is 2. The van der Waals surface area contributed by atoms with Crippen LogP contribution in [0.1, 0.15) is 41.6 Å². The van der Waals surface area contributed by atoms with E-state index in [4.69, 9.17) is 9.84 Å². The van der Waals surface area contributed by atoms with E-state index in [0.29, 0.717) is 44.9 Å². The second kappa shape index (κ2) is 11.4. The minimum absolute atomic E-state index is 0.0250. The molecule has 3 aromatic rings. The molecular weight excluding hydrogens is 479 g/mol. The summed E-state index contributed by atoms with van der Waals surface area (Å²) in [5.74, 6) is 0.582. The third kappa shape index (κ3) is 5.58. The van der Waals surface area contributed by atoms with Gasteiger partial charge in [0.25, 0.3) is 5.91 Å². The Morgan fingerprint density at radius 2 is 1.74 bits per heavy atom. The van der Waals surface area contributed by atoms with E-state index in [2.05, 4.69) is 36.9 Å². The molecule has 6 nitrogen and oxygen atoms in total. The molecule has 0 spiro atoms. The van der Waals surface area contributed by atoms with Crippen LogP contribution in [0.5, 0.6) is 5.75 Å². The molecule has 0 aromatic heterocycles. The summed E-state index contributed by atoms with van der Waals surface area (Å²) in [6.07, 6.45) is 0.657. The van der Waals surface area contributed by atoms with Gasteiger partial charge in [-0.2, -0.15) is 5.10 Å². The molecule has 7 heteroatoms. The zero-order valence-electron chi connectivity index (χ0n) is 22.4. The zero-order valence-corrected chi connectivity index (χ0v) is 22.4. The molecule has 0 bridgehead atoms. The molecule has 2 aliphatic rings. The third-order valence-electron chi connectivity index (χ3n) is 7.36. The van der Waals surface area contributed by atoms with Gasteiger partial charge in [-0.1, -0.05) is 48.0 Å². The summed E-state index contributed by atoms with van der Waals surface area (Å²) >= 11 is 0. The van der Waals surface area contributed by atoms with Gasteiger partial charge in [-0.05, 0) is 56.2 Å². The normalized spacial score (nSPS) is 18.0. The van der Waals surface area contributed by atoms with Gasteiger partial charge < -0.3 is 9.64 Å². The number of halogens is 1. The molecule has 1 fully saturated rings. The molecule has 2 aliphatic heterocycles. The Balaban J connectivity index is 1.33. The maximum absolute atomic E-state index is 14.2. The second-order valence-electron chi connectivity index (χ2n) is 10.0. The monoisotopic (exact) mass is 514 g/mol. The number of hydrogen-bond acceptors (Lipinski definition) is 5. The highest BCUT2D eigenvalue weighted by molar-refractivity contribution is 6.04. The lowest BCUT2D eigenvalue weighted by Gasteiger charge is -2.36. The number of amides is 1. The topological polar surface area (TPSA) is 48.4 Å². The van der Waals surface area contributed by atoms with Crippen LogP contribution in [0.15, 0.2) is 71.8 Å². The van der Waals surface area contributed by atoms with E-state index in [1.165, 1.54) is 11.6 Å². The van der Waals surface area contributed by atoms with Gasteiger partial charge in [0.2, 0.25) is 0 Å². The maximum atomic E-state index is 14.2. The van der Waals surface area contributed by atoms with Crippen LogP contribution in [0.3, 0.4) is 0 Å². The van der Waals surface area contributed by atoms with Crippen LogP contribution in [0.2, 0.25) is 0 Å². The molecule has 198 valence electrons. The number of carbonyl (C=O) groups excluding carboxylic acids is 1. The number of benzene rings is 3. The number of anilines is 1. The summed E-state index contributed by atoms with van der Waals surface area (Å²) in [5, 5.41) is 6.56. The van der Waals surface area contributed by atoms with E-state index in [9.17, 15) is 9.18 Å². The zero-order chi connectivity index (χ0) is 26.6. The smallest absolute Gasteiger partial charge is 0.257 e. The van der Waals surface area contributed by atoms with Crippen molar-refractivity contribution in [1.82, 2.24) is 9.91 Å². The second-order valence-corrected chi connectivity index (χ2v) is 10.0. The molecule has 0 aliphatic carbocycles. The first-order valence-corrected chi connectivity index (χ1v) is 13.3. The summed E-state index contributed by atoms with van der Waals surface area (Å²) in [4.78, 5) is 17.9. The Kier molecular flexibility index (Phi) is 7.74. The van der Waals surface area contributed by atoms with Gasteiger partial charge in [0.15, 0.2) is 0 Å². The Morgan fingerprint density at radius 3 is 2.42 bits per heavy atom. The van der Waals surface area contributed by atoms with Gasteiger partial charge in [0.1, 0.15) is 11.6 Å². The van der Waals surface area contributed by atoms with Crippen LogP contribution in [-0.2, 0) is 4.79 Å². The van der Waals surface area contributed by atoms with Gasteiger partial charge in [-0.15, -0.1) is 0 Å². The number of hydrogen-bond donors (Lipinski definition) is 0. The van der Waals surface area contributed by atoms with Crippen molar-refractivity contribution in [2.24, 2.45) is 5.10 Å². The number of rotatable bonds is 7. The van der Waals surface area contributed by atoms with Crippen LogP contribution in [-0.4, -0.2) is 60.9 Å². The highest BCUT2D eigenvalue weighted by atomic mass is 19.1. The molecular formula is C31H35FN4O2. The lowest BCUT2D eigenvalue weighted by molar-refractivity contribution is -0.134. The van der Waals surface area contributed by atoms with E-state index < -0.39 is 0 Å². The van der Waals surface area contributed by atoms with E-state index in [1.54, 1.807) is 11.1 Å². The van der Waals surface area contributed by atoms with Crippen LogP contribution in [0.25, 0.3) is 0 Å². The molecule has 0 radical (unpaired) electrons. The Morgan fingerprint density at radius 1 is 1.00 bits per heavy atom. The van der Waals surface area contributed by atoms with Crippen molar-refractivity contribution in [3.05, 3.63) is 94.8 Å². The summed E-state index contributed by atoms with van der Waals surface area (Å²) in [6.45, 7) is 9.76. The predicted molar refractivity (Wildman–Crippen MR) is 149 cm³/mol. The summed E-state index contributed by atoms with van der Waals surface area (Å²) in [7, 11) is 0. The Bertz CT molecular complexity index is 1320. The minimum atomic E-state index is -0.208. The third-order valence-corrected chi connectivity index (χ3v) is 7.36.